The average molecular weight is 262 g/mol. The van der Waals surface area contributed by atoms with Gasteiger partial charge in [0, 0.05) is 0 Å². The van der Waals surface area contributed by atoms with Crippen LogP contribution in [0.25, 0.3) is 0 Å². The van der Waals surface area contributed by atoms with Crippen LogP contribution in [0.1, 0.15) is 33.6 Å². The molecule has 0 aromatic carbocycles. The fourth-order valence-corrected chi connectivity index (χ4v) is 2.63. The van der Waals surface area contributed by atoms with E-state index < -0.39 is 36.0 Å². The van der Waals surface area contributed by atoms with E-state index in [2.05, 4.69) is 0 Å². The lowest BCUT2D eigenvalue weighted by atomic mass is 9.85. The highest BCUT2D eigenvalue weighted by Gasteiger charge is 2.76. The largest absolute Gasteiger partial charge is 0.395 e. The molecular formula is C11H16F6. The van der Waals surface area contributed by atoms with E-state index in [0.717, 1.165) is 0 Å². The van der Waals surface area contributed by atoms with E-state index in [1.54, 1.807) is 13.8 Å². The summed E-state index contributed by atoms with van der Waals surface area (Å²) in [4.78, 5) is 0. The van der Waals surface area contributed by atoms with Crippen LogP contribution in [0.15, 0.2) is 0 Å². The van der Waals surface area contributed by atoms with E-state index in [9.17, 15) is 26.3 Å². The van der Waals surface area contributed by atoms with Crippen molar-refractivity contribution in [1.82, 2.24) is 0 Å². The first kappa shape index (κ1) is 14.6. The molecular weight excluding hydrogens is 246 g/mol. The summed E-state index contributed by atoms with van der Waals surface area (Å²) in [5, 5.41) is 0. The Labute approximate surface area is 96.4 Å². The third-order valence-electron chi connectivity index (χ3n) is 3.70. The van der Waals surface area contributed by atoms with Gasteiger partial charge in [0.25, 0.3) is 0 Å². The summed E-state index contributed by atoms with van der Waals surface area (Å²) in [7, 11) is 0. The highest BCUT2D eigenvalue weighted by Crippen LogP contribution is 2.70. The maximum atomic E-state index is 12.9. The number of alkyl halides is 6. The zero-order chi connectivity index (χ0) is 13.6. The van der Waals surface area contributed by atoms with Crippen molar-refractivity contribution < 1.29 is 26.3 Å². The quantitative estimate of drug-likeness (QED) is 0.641. The number of rotatable bonds is 3. The van der Waals surface area contributed by atoms with E-state index in [-0.39, 0.29) is 12.3 Å². The van der Waals surface area contributed by atoms with Gasteiger partial charge in [-0.3, -0.25) is 0 Å². The zero-order valence-electron chi connectivity index (χ0n) is 9.91. The Morgan fingerprint density at radius 2 is 1.53 bits per heavy atom. The van der Waals surface area contributed by atoms with Gasteiger partial charge in [0.1, 0.15) is 0 Å². The van der Waals surface area contributed by atoms with Gasteiger partial charge in [0.15, 0.2) is 0 Å². The van der Waals surface area contributed by atoms with Crippen LogP contribution in [-0.2, 0) is 0 Å². The molecule has 1 aliphatic rings. The van der Waals surface area contributed by atoms with Gasteiger partial charge in [-0.15, -0.1) is 0 Å². The van der Waals surface area contributed by atoms with Crippen LogP contribution in [0, 0.1) is 23.2 Å². The van der Waals surface area contributed by atoms with Crippen molar-refractivity contribution in [3.05, 3.63) is 0 Å². The number of halogens is 6. The van der Waals surface area contributed by atoms with Crippen molar-refractivity contribution in [2.24, 2.45) is 23.2 Å². The Balaban J connectivity index is 2.94. The molecule has 0 aromatic heterocycles. The molecule has 0 bridgehead atoms. The van der Waals surface area contributed by atoms with Crippen molar-refractivity contribution in [2.75, 3.05) is 0 Å². The molecule has 0 radical (unpaired) electrons. The number of hydrogen-bond donors (Lipinski definition) is 0. The van der Waals surface area contributed by atoms with E-state index in [4.69, 9.17) is 0 Å². The lowest BCUT2D eigenvalue weighted by Crippen LogP contribution is -2.40. The highest BCUT2D eigenvalue weighted by atomic mass is 19.4. The minimum atomic E-state index is -4.79. The predicted octanol–water partition coefficient (Wildman–Crippen LogP) is 4.80. The Morgan fingerprint density at radius 3 is 1.82 bits per heavy atom. The molecule has 1 saturated carbocycles. The molecule has 6 heteroatoms. The van der Waals surface area contributed by atoms with Crippen LogP contribution >= 0.6 is 0 Å². The van der Waals surface area contributed by atoms with Crippen molar-refractivity contribution in [1.29, 1.82) is 0 Å². The molecule has 3 atom stereocenters. The summed E-state index contributed by atoms with van der Waals surface area (Å²) in [6, 6.07) is 0. The maximum absolute atomic E-state index is 12.9. The molecule has 0 spiro atoms. The lowest BCUT2D eigenvalue weighted by molar-refractivity contribution is -0.266. The molecule has 102 valence electrons. The minimum Gasteiger partial charge on any atom is -0.171 e. The Morgan fingerprint density at radius 1 is 1.06 bits per heavy atom. The van der Waals surface area contributed by atoms with Crippen LogP contribution in [0.2, 0.25) is 0 Å². The average Bonchev–Trinajstić information content (AvgIpc) is 2.74. The monoisotopic (exact) mass is 262 g/mol. The molecule has 0 N–H and O–H groups in total. The Kier molecular flexibility index (Phi) is 3.49. The summed E-state index contributed by atoms with van der Waals surface area (Å²) in [5.41, 5.74) is -2.55. The van der Waals surface area contributed by atoms with Crippen molar-refractivity contribution >= 4 is 0 Å². The second-order valence-corrected chi connectivity index (χ2v) is 5.33. The lowest BCUT2D eigenvalue weighted by Gasteiger charge is -2.29. The summed E-state index contributed by atoms with van der Waals surface area (Å²) in [6.45, 7) is 4.09. The van der Waals surface area contributed by atoms with Crippen LogP contribution < -0.4 is 0 Å². The molecule has 0 amide bonds. The Bertz CT molecular complexity index is 277. The molecule has 17 heavy (non-hydrogen) atoms. The fourth-order valence-electron chi connectivity index (χ4n) is 2.63. The zero-order valence-corrected chi connectivity index (χ0v) is 9.91. The van der Waals surface area contributed by atoms with Gasteiger partial charge in [-0.2, -0.15) is 26.3 Å². The molecule has 0 aromatic rings. The van der Waals surface area contributed by atoms with E-state index in [1.807, 2.05) is 0 Å². The van der Waals surface area contributed by atoms with Gasteiger partial charge in [-0.25, -0.2) is 0 Å². The fraction of sp³-hybridized carbons (Fsp3) is 1.00. The standard InChI is InChI=1S/C11H16F6/c1-6(2)4-8-5-9(8,11(15,16)17)7(3)10(12,13)14/h6-8H,4-5H2,1-3H3. The smallest absolute Gasteiger partial charge is 0.171 e. The topological polar surface area (TPSA) is 0 Å². The molecule has 1 fully saturated rings. The summed E-state index contributed by atoms with van der Waals surface area (Å²) >= 11 is 0. The summed E-state index contributed by atoms with van der Waals surface area (Å²) in [6.07, 6.45) is -9.77. The second kappa shape index (κ2) is 4.05. The van der Waals surface area contributed by atoms with E-state index in [0.29, 0.717) is 6.92 Å². The van der Waals surface area contributed by atoms with Gasteiger partial charge in [-0.1, -0.05) is 20.8 Å². The van der Waals surface area contributed by atoms with Crippen LogP contribution in [-0.4, -0.2) is 12.4 Å². The van der Waals surface area contributed by atoms with Crippen molar-refractivity contribution in [3.8, 4) is 0 Å². The second-order valence-electron chi connectivity index (χ2n) is 5.33. The molecule has 0 nitrogen and oxygen atoms in total. The van der Waals surface area contributed by atoms with Gasteiger partial charge < -0.3 is 0 Å². The van der Waals surface area contributed by atoms with Gasteiger partial charge in [0.05, 0.1) is 11.3 Å². The van der Waals surface area contributed by atoms with Crippen molar-refractivity contribution in [3.63, 3.8) is 0 Å². The van der Waals surface area contributed by atoms with Gasteiger partial charge in [-0.05, 0) is 24.7 Å². The van der Waals surface area contributed by atoms with E-state index >= 15 is 0 Å². The van der Waals surface area contributed by atoms with E-state index in [1.165, 1.54) is 0 Å². The molecule has 0 saturated heterocycles. The van der Waals surface area contributed by atoms with Gasteiger partial charge in [0.2, 0.25) is 0 Å². The van der Waals surface area contributed by atoms with Crippen LogP contribution in [0.3, 0.4) is 0 Å². The Hall–Kier alpha value is -0.420. The van der Waals surface area contributed by atoms with Crippen molar-refractivity contribution in [2.45, 2.75) is 46.0 Å². The third-order valence-corrected chi connectivity index (χ3v) is 3.70. The first-order valence-electron chi connectivity index (χ1n) is 5.56. The van der Waals surface area contributed by atoms with Crippen LogP contribution in [0.4, 0.5) is 26.3 Å². The third kappa shape index (κ3) is 2.55. The maximum Gasteiger partial charge on any atom is 0.395 e. The summed E-state index contributed by atoms with van der Waals surface area (Å²) < 4.78 is 76.2. The molecule has 3 unspecified atom stereocenters. The SMILES string of the molecule is CC(C)CC1CC1(C(C)C(F)(F)F)C(F)(F)F. The highest BCUT2D eigenvalue weighted by molar-refractivity contribution is 5.11. The first-order chi connectivity index (χ1) is 7.43. The summed E-state index contributed by atoms with van der Waals surface area (Å²) in [5.74, 6) is -3.23. The van der Waals surface area contributed by atoms with Crippen LogP contribution in [0.5, 0.6) is 0 Å². The molecule has 0 heterocycles. The normalized spacial score (nSPS) is 31.8. The molecule has 1 rings (SSSR count). The van der Waals surface area contributed by atoms with Gasteiger partial charge >= 0.3 is 12.4 Å². The molecule has 1 aliphatic carbocycles. The minimum absolute atomic E-state index is 0.0235. The molecule has 0 aliphatic heterocycles. The predicted molar refractivity (Wildman–Crippen MR) is 51.3 cm³/mol. The first-order valence-corrected chi connectivity index (χ1v) is 5.56. The number of hydrogen-bond acceptors (Lipinski definition) is 0.